The Kier molecular flexibility index (Phi) is 6.40. The molecule has 3 atom stereocenters. The predicted molar refractivity (Wildman–Crippen MR) is 101 cm³/mol. The van der Waals surface area contributed by atoms with Crippen molar-refractivity contribution in [3.05, 3.63) is 0 Å². The van der Waals surface area contributed by atoms with Crippen LogP contribution in [-0.2, 0) is 19.1 Å². The van der Waals surface area contributed by atoms with E-state index >= 15 is 0 Å². The summed E-state index contributed by atoms with van der Waals surface area (Å²) < 4.78 is 5.76. The maximum absolute atomic E-state index is 13.3. The summed E-state index contributed by atoms with van der Waals surface area (Å²) in [7, 11) is 0. The van der Waals surface area contributed by atoms with E-state index in [1.54, 1.807) is 4.90 Å². The van der Waals surface area contributed by atoms with Crippen molar-refractivity contribution < 1.29 is 19.1 Å². The van der Waals surface area contributed by atoms with Gasteiger partial charge in [0.15, 0.2) is 0 Å². The number of carbonyl (C=O) groups is 3. The number of nitrogens with zero attached hydrogens (tertiary/aromatic N) is 1. The first-order valence-corrected chi connectivity index (χ1v) is 10.5. The quantitative estimate of drug-likeness (QED) is 0.702. The first-order valence-electron chi connectivity index (χ1n) is 10.5. The van der Waals surface area contributed by atoms with Gasteiger partial charge in [-0.25, -0.2) is 0 Å². The van der Waals surface area contributed by atoms with Crippen LogP contribution < -0.4 is 10.6 Å². The molecule has 27 heavy (non-hydrogen) atoms. The van der Waals surface area contributed by atoms with Gasteiger partial charge in [-0.2, -0.15) is 0 Å². The summed E-state index contributed by atoms with van der Waals surface area (Å²) in [6, 6.07) is -0.335. The summed E-state index contributed by atoms with van der Waals surface area (Å²) in [6.45, 7) is 4.88. The third-order valence-electron chi connectivity index (χ3n) is 6.43. The van der Waals surface area contributed by atoms with Gasteiger partial charge in [0.2, 0.25) is 17.7 Å². The standard InChI is InChI=1S/C20H33N3O4/c1-3-20(2,19(26)21-14-7-4-5-8-14)23(13-15-9-6-12-27-15)18(25)16-10-11-17(24)22-16/h14-16H,3-13H2,1-2H3,(H,21,26)(H,22,24). The van der Waals surface area contributed by atoms with E-state index < -0.39 is 11.6 Å². The molecule has 7 nitrogen and oxygen atoms in total. The van der Waals surface area contributed by atoms with Crippen LogP contribution in [0.4, 0.5) is 0 Å². The summed E-state index contributed by atoms with van der Waals surface area (Å²) in [4.78, 5) is 39.8. The van der Waals surface area contributed by atoms with Crippen LogP contribution in [0.5, 0.6) is 0 Å². The number of hydrogen-bond acceptors (Lipinski definition) is 4. The Bertz CT molecular complexity index is 570. The lowest BCUT2D eigenvalue weighted by Gasteiger charge is -2.42. The Hall–Kier alpha value is -1.63. The van der Waals surface area contributed by atoms with Gasteiger partial charge in [-0.3, -0.25) is 14.4 Å². The zero-order valence-corrected chi connectivity index (χ0v) is 16.6. The second-order valence-corrected chi connectivity index (χ2v) is 8.32. The Labute approximate surface area is 161 Å². The first-order chi connectivity index (χ1) is 12.9. The summed E-state index contributed by atoms with van der Waals surface area (Å²) in [5.74, 6) is -0.353. The fourth-order valence-corrected chi connectivity index (χ4v) is 4.40. The third-order valence-corrected chi connectivity index (χ3v) is 6.43. The summed E-state index contributed by atoms with van der Waals surface area (Å²) >= 11 is 0. The van der Waals surface area contributed by atoms with Gasteiger partial charge in [-0.05, 0) is 45.4 Å². The normalized spacial score (nSPS) is 28.0. The number of rotatable bonds is 7. The minimum absolute atomic E-state index is 0.0452. The van der Waals surface area contributed by atoms with Crippen LogP contribution in [-0.4, -0.2) is 59.5 Å². The average molecular weight is 380 g/mol. The van der Waals surface area contributed by atoms with E-state index in [-0.39, 0.29) is 29.9 Å². The molecule has 0 aromatic rings. The highest BCUT2D eigenvalue weighted by molar-refractivity contribution is 5.96. The Morgan fingerprint density at radius 3 is 2.52 bits per heavy atom. The van der Waals surface area contributed by atoms with E-state index in [0.717, 1.165) is 38.5 Å². The molecule has 2 saturated heterocycles. The van der Waals surface area contributed by atoms with Crippen LogP contribution in [0.2, 0.25) is 0 Å². The molecule has 3 aliphatic rings. The highest BCUT2D eigenvalue weighted by atomic mass is 16.5. The van der Waals surface area contributed by atoms with Crippen molar-refractivity contribution in [1.82, 2.24) is 15.5 Å². The topological polar surface area (TPSA) is 87.7 Å². The summed E-state index contributed by atoms with van der Waals surface area (Å²) in [5, 5.41) is 5.93. The summed E-state index contributed by atoms with van der Waals surface area (Å²) in [5.41, 5.74) is -0.945. The summed E-state index contributed by atoms with van der Waals surface area (Å²) in [6.07, 6.45) is 7.48. The molecule has 3 unspecified atom stereocenters. The first kappa shape index (κ1) is 20.1. The maximum Gasteiger partial charge on any atom is 0.246 e. The van der Waals surface area contributed by atoms with Gasteiger partial charge in [-0.1, -0.05) is 19.8 Å². The van der Waals surface area contributed by atoms with Crippen LogP contribution >= 0.6 is 0 Å². The van der Waals surface area contributed by atoms with Gasteiger partial charge in [0.05, 0.1) is 6.10 Å². The van der Waals surface area contributed by atoms with Gasteiger partial charge in [0, 0.05) is 25.6 Å². The number of carbonyl (C=O) groups excluding carboxylic acids is 3. The highest BCUT2D eigenvalue weighted by Crippen LogP contribution is 2.27. The Morgan fingerprint density at radius 2 is 1.96 bits per heavy atom. The highest BCUT2D eigenvalue weighted by Gasteiger charge is 2.45. The van der Waals surface area contributed by atoms with Gasteiger partial charge >= 0.3 is 0 Å². The second kappa shape index (κ2) is 8.59. The SMILES string of the molecule is CCC(C)(C(=O)NC1CCCC1)N(CC1CCCO1)C(=O)C1CCC(=O)N1. The lowest BCUT2D eigenvalue weighted by molar-refractivity contribution is -0.151. The van der Waals surface area contributed by atoms with E-state index in [1.807, 2.05) is 13.8 Å². The lowest BCUT2D eigenvalue weighted by Crippen LogP contribution is -2.63. The molecule has 0 radical (unpaired) electrons. The monoisotopic (exact) mass is 379 g/mol. The zero-order valence-electron chi connectivity index (χ0n) is 16.6. The number of ether oxygens (including phenoxy) is 1. The number of hydrogen-bond donors (Lipinski definition) is 2. The molecule has 0 aromatic heterocycles. The molecule has 3 amide bonds. The van der Waals surface area contributed by atoms with Crippen LogP contribution in [0.3, 0.4) is 0 Å². The molecule has 1 saturated carbocycles. The molecule has 3 fully saturated rings. The molecule has 0 spiro atoms. The lowest BCUT2D eigenvalue weighted by atomic mass is 9.92. The fraction of sp³-hybridized carbons (Fsp3) is 0.850. The van der Waals surface area contributed by atoms with Gasteiger partial charge < -0.3 is 20.3 Å². The van der Waals surface area contributed by atoms with Gasteiger partial charge in [0.25, 0.3) is 0 Å². The Morgan fingerprint density at radius 1 is 1.22 bits per heavy atom. The number of nitrogens with one attached hydrogen (secondary N) is 2. The molecule has 2 N–H and O–H groups in total. The van der Waals surface area contributed by atoms with E-state index in [9.17, 15) is 14.4 Å². The van der Waals surface area contributed by atoms with E-state index in [4.69, 9.17) is 4.74 Å². The predicted octanol–water partition coefficient (Wildman–Crippen LogP) is 1.50. The molecule has 7 heteroatoms. The van der Waals surface area contributed by atoms with Crippen molar-refractivity contribution in [2.24, 2.45) is 0 Å². The molecule has 2 aliphatic heterocycles. The molecular formula is C20H33N3O4. The minimum Gasteiger partial charge on any atom is -0.376 e. The van der Waals surface area contributed by atoms with E-state index in [0.29, 0.717) is 32.4 Å². The van der Waals surface area contributed by atoms with Crippen LogP contribution in [0.1, 0.15) is 71.6 Å². The largest absolute Gasteiger partial charge is 0.376 e. The van der Waals surface area contributed by atoms with Crippen LogP contribution in [0.15, 0.2) is 0 Å². The van der Waals surface area contributed by atoms with Crippen molar-refractivity contribution in [3.63, 3.8) is 0 Å². The molecule has 1 aliphatic carbocycles. The van der Waals surface area contributed by atoms with E-state index in [2.05, 4.69) is 10.6 Å². The molecule has 0 aromatic carbocycles. The maximum atomic E-state index is 13.3. The molecule has 3 rings (SSSR count). The van der Waals surface area contributed by atoms with Crippen molar-refractivity contribution in [1.29, 1.82) is 0 Å². The Balaban J connectivity index is 1.79. The smallest absolute Gasteiger partial charge is 0.246 e. The molecule has 152 valence electrons. The van der Waals surface area contributed by atoms with Crippen molar-refractivity contribution in [2.75, 3.05) is 13.2 Å². The van der Waals surface area contributed by atoms with Crippen LogP contribution in [0.25, 0.3) is 0 Å². The van der Waals surface area contributed by atoms with Crippen molar-refractivity contribution in [3.8, 4) is 0 Å². The molecule has 0 bridgehead atoms. The average Bonchev–Trinajstić information content (AvgIpc) is 3.41. The van der Waals surface area contributed by atoms with Gasteiger partial charge in [0.1, 0.15) is 11.6 Å². The van der Waals surface area contributed by atoms with E-state index in [1.165, 1.54) is 0 Å². The van der Waals surface area contributed by atoms with Gasteiger partial charge in [-0.15, -0.1) is 0 Å². The zero-order chi connectivity index (χ0) is 19.4. The van der Waals surface area contributed by atoms with Crippen molar-refractivity contribution in [2.45, 2.75) is 95.4 Å². The second-order valence-electron chi connectivity index (χ2n) is 8.32. The van der Waals surface area contributed by atoms with Crippen LogP contribution in [0, 0.1) is 0 Å². The number of amides is 3. The minimum atomic E-state index is -0.945. The molecule has 2 heterocycles. The molecular weight excluding hydrogens is 346 g/mol. The third kappa shape index (κ3) is 4.45. The fourth-order valence-electron chi connectivity index (χ4n) is 4.40. The van der Waals surface area contributed by atoms with Crippen molar-refractivity contribution >= 4 is 17.7 Å².